The Hall–Kier alpha value is -2.04. The lowest BCUT2D eigenvalue weighted by Gasteiger charge is -2.13. The van der Waals surface area contributed by atoms with Crippen LogP contribution in [0.4, 0.5) is 5.69 Å². The van der Waals surface area contributed by atoms with Crippen LogP contribution in [0.15, 0.2) is 24.3 Å². The van der Waals surface area contributed by atoms with Crippen LogP contribution in [0.5, 0.6) is 0 Å². The van der Waals surface area contributed by atoms with Crippen LogP contribution in [-0.2, 0) is 4.79 Å². The molecule has 5 heteroatoms. The van der Waals surface area contributed by atoms with Crippen LogP contribution in [0.1, 0.15) is 23.7 Å². The molecular formula is C11H14N2O3. The fourth-order valence-corrected chi connectivity index (χ4v) is 1.30. The van der Waals surface area contributed by atoms with Crippen molar-refractivity contribution in [1.82, 2.24) is 0 Å². The molecule has 16 heavy (non-hydrogen) atoms. The van der Waals surface area contributed by atoms with Crippen molar-refractivity contribution in [2.24, 2.45) is 5.73 Å². The quantitative estimate of drug-likeness (QED) is 0.694. The number of benzene rings is 1. The number of nitrogens with one attached hydrogen (secondary N) is 1. The van der Waals surface area contributed by atoms with E-state index in [0.29, 0.717) is 17.7 Å². The third-order valence-electron chi connectivity index (χ3n) is 2.19. The lowest BCUT2D eigenvalue weighted by molar-refractivity contribution is -0.137. The van der Waals surface area contributed by atoms with E-state index in [0.717, 1.165) is 0 Å². The Balaban J connectivity index is 2.84. The summed E-state index contributed by atoms with van der Waals surface area (Å²) in [5.74, 6) is -1.46. The molecule has 0 fully saturated rings. The van der Waals surface area contributed by atoms with Crippen LogP contribution in [0, 0.1) is 0 Å². The molecule has 0 saturated heterocycles. The van der Waals surface area contributed by atoms with Crippen LogP contribution < -0.4 is 11.1 Å². The Morgan fingerprint density at radius 2 is 2.19 bits per heavy atom. The van der Waals surface area contributed by atoms with Crippen molar-refractivity contribution in [3.8, 4) is 0 Å². The zero-order valence-electron chi connectivity index (χ0n) is 8.93. The molecule has 0 aromatic heterocycles. The minimum Gasteiger partial charge on any atom is -0.480 e. The van der Waals surface area contributed by atoms with E-state index < -0.39 is 17.9 Å². The van der Waals surface area contributed by atoms with Gasteiger partial charge in [-0.2, -0.15) is 0 Å². The molecule has 0 aliphatic rings. The molecule has 0 heterocycles. The molecule has 5 nitrogen and oxygen atoms in total. The van der Waals surface area contributed by atoms with Crippen molar-refractivity contribution >= 4 is 17.6 Å². The summed E-state index contributed by atoms with van der Waals surface area (Å²) in [5.41, 5.74) is 6.05. The molecule has 1 aromatic rings. The molecule has 1 aromatic carbocycles. The summed E-state index contributed by atoms with van der Waals surface area (Å²) >= 11 is 0. The number of carbonyl (C=O) groups is 2. The average Bonchev–Trinajstić information content (AvgIpc) is 2.25. The van der Waals surface area contributed by atoms with Gasteiger partial charge in [-0.15, -0.1) is 0 Å². The molecular weight excluding hydrogens is 208 g/mol. The number of amides is 1. The summed E-state index contributed by atoms with van der Waals surface area (Å²) in [7, 11) is 0. The number of primary amides is 1. The molecule has 86 valence electrons. The molecule has 1 rings (SSSR count). The molecule has 1 atom stereocenters. The van der Waals surface area contributed by atoms with E-state index in [1.165, 1.54) is 6.07 Å². The van der Waals surface area contributed by atoms with Crippen LogP contribution >= 0.6 is 0 Å². The van der Waals surface area contributed by atoms with E-state index >= 15 is 0 Å². The molecule has 0 radical (unpaired) electrons. The molecule has 0 saturated carbocycles. The standard InChI is InChI=1S/C11H14N2O3/c1-2-9(11(15)16)13-8-5-3-4-7(6-8)10(12)14/h3-6,9,13H,2H2,1H3,(H2,12,14)(H,15,16). The first-order chi connectivity index (χ1) is 7.54. The predicted octanol–water partition coefficient (Wildman–Crippen LogP) is 1.06. The van der Waals surface area contributed by atoms with Gasteiger partial charge in [0.1, 0.15) is 6.04 Å². The van der Waals surface area contributed by atoms with Gasteiger partial charge in [0.2, 0.25) is 5.91 Å². The number of carbonyl (C=O) groups excluding carboxylic acids is 1. The monoisotopic (exact) mass is 222 g/mol. The van der Waals surface area contributed by atoms with Gasteiger partial charge in [0.15, 0.2) is 0 Å². The number of aliphatic carboxylic acids is 1. The van der Waals surface area contributed by atoms with Crippen molar-refractivity contribution in [2.75, 3.05) is 5.32 Å². The van der Waals surface area contributed by atoms with Crippen LogP contribution in [0.3, 0.4) is 0 Å². The number of carboxylic acid groups (broad SMARTS) is 1. The number of hydrogen-bond acceptors (Lipinski definition) is 3. The number of anilines is 1. The van der Waals surface area contributed by atoms with Gasteiger partial charge < -0.3 is 16.2 Å². The fraction of sp³-hybridized carbons (Fsp3) is 0.273. The summed E-state index contributed by atoms with van der Waals surface area (Å²) in [6.45, 7) is 1.77. The SMILES string of the molecule is CCC(Nc1cccc(C(N)=O)c1)C(=O)O. The molecule has 1 amide bonds. The van der Waals surface area contributed by atoms with Gasteiger partial charge in [0.05, 0.1) is 0 Å². The van der Waals surface area contributed by atoms with Crippen LogP contribution in [0.25, 0.3) is 0 Å². The van der Waals surface area contributed by atoms with Gasteiger partial charge in [-0.3, -0.25) is 4.79 Å². The summed E-state index contributed by atoms with van der Waals surface area (Å²) in [6, 6.07) is 5.79. The third kappa shape index (κ3) is 2.98. The molecule has 0 aliphatic carbocycles. The second-order valence-corrected chi connectivity index (χ2v) is 3.39. The molecule has 1 unspecified atom stereocenters. The van der Waals surface area contributed by atoms with Gasteiger partial charge in [0, 0.05) is 11.3 Å². The van der Waals surface area contributed by atoms with E-state index in [1.54, 1.807) is 25.1 Å². The maximum absolute atomic E-state index is 10.9. The van der Waals surface area contributed by atoms with E-state index in [9.17, 15) is 9.59 Å². The summed E-state index contributed by atoms with van der Waals surface area (Å²) < 4.78 is 0. The number of rotatable bonds is 5. The van der Waals surface area contributed by atoms with E-state index in [1.807, 2.05) is 0 Å². The highest BCUT2D eigenvalue weighted by atomic mass is 16.4. The predicted molar refractivity (Wildman–Crippen MR) is 60.3 cm³/mol. The molecule has 0 bridgehead atoms. The second-order valence-electron chi connectivity index (χ2n) is 3.39. The summed E-state index contributed by atoms with van der Waals surface area (Å²) in [5, 5.41) is 11.7. The first kappa shape index (κ1) is 12.0. The van der Waals surface area contributed by atoms with Crippen molar-refractivity contribution < 1.29 is 14.7 Å². The maximum Gasteiger partial charge on any atom is 0.326 e. The Kier molecular flexibility index (Phi) is 3.88. The summed E-state index contributed by atoms with van der Waals surface area (Å²) in [4.78, 5) is 21.7. The second kappa shape index (κ2) is 5.16. The third-order valence-corrected chi connectivity index (χ3v) is 2.19. The van der Waals surface area contributed by atoms with Crippen LogP contribution in [-0.4, -0.2) is 23.0 Å². The Morgan fingerprint density at radius 3 is 2.69 bits per heavy atom. The highest BCUT2D eigenvalue weighted by Gasteiger charge is 2.14. The summed E-state index contributed by atoms with van der Waals surface area (Å²) in [6.07, 6.45) is 0.454. The minimum atomic E-state index is -0.924. The lowest BCUT2D eigenvalue weighted by atomic mass is 10.1. The molecule has 0 aliphatic heterocycles. The van der Waals surface area contributed by atoms with E-state index in [-0.39, 0.29) is 0 Å². The smallest absolute Gasteiger partial charge is 0.326 e. The van der Waals surface area contributed by atoms with Crippen molar-refractivity contribution in [2.45, 2.75) is 19.4 Å². The highest BCUT2D eigenvalue weighted by Crippen LogP contribution is 2.12. The lowest BCUT2D eigenvalue weighted by Crippen LogP contribution is -2.28. The minimum absolute atomic E-state index is 0.352. The van der Waals surface area contributed by atoms with Crippen molar-refractivity contribution in [3.05, 3.63) is 29.8 Å². The van der Waals surface area contributed by atoms with Gasteiger partial charge in [-0.1, -0.05) is 13.0 Å². The van der Waals surface area contributed by atoms with Crippen LogP contribution in [0.2, 0.25) is 0 Å². The van der Waals surface area contributed by atoms with E-state index in [4.69, 9.17) is 10.8 Å². The Labute approximate surface area is 93.3 Å². The normalized spacial score (nSPS) is 11.8. The van der Waals surface area contributed by atoms with Crippen molar-refractivity contribution in [3.63, 3.8) is 0 Å². The average molecular weight is 222 g/mol. The molecule has 4 N–H and O–H groups in total. The number of nitrogens with two attached hydrogens (primary N) is 1. The first-order valence-corrected chi connectivity index (χ1v) is 4.93. The largest absolute Gasteiger partial charge is 0.480 e. The van der Waals surface area contributed by atoms with Gasteiger partial charge >= 0.3 is 5.97 Å². The number of hydrogen-bond donors (Lipinski definition) is 3. The fourth-order valence-electron chi connectivity index (χ4n) is 1.30. The zero-order valence-corrected chi connectivity index (χ0v) is 8.93. The molecule has 0 spiro atoms. The van der Waals surface area contributed by atoms with Gasteiger partial charge in [0.25, 0.3) is 0 Å². The van der Waals surface area contributed by atoms with E-state index in [2.05, 4.69) is 5.32 Å². The maximum atomic E-state index is 10.9. The zero-order chi connectivity index (χ0) is 12.1. The van der Waals surface area contributed by atoms with Gasteiger partial charge in [-0.05, 0) is 24.6 Å². The topological polar surface area (TPSA) is 92.4 Å². The number of carboxylic acids is 1. The highest BCUT2D eigenvalue weighted by molar-refractivity contribution is 5.93. The Bertz CT molecular complexity index is 404. The van der Waals surface area contributed by atoms with Crippen molar-refractivity contribution in [1.29, 1.82) is 0 Å². The van der Waals surface area contributed by atoms with Gasteiger partial charge in [-0.25, -0.2) is 4.79 Å². The Morgan fingerprint density at radius 1 is 1.50 bits per heavy atom. The first-order valence-electron chi connectivity index (χ1n) is 4.93.